The summed E-state index contributed by atoms with van der Waals surface area (Å²) in [5.74, 6) is -0.345. The third-order valence-electron chi connectivity index (χ3n) is 1.56. The van der Waals surface area contributed by atoms with E-state index in [0.29, 0.717) is 0 Å². The first-order valence-electron chi connectivity index (χ1n) is 4.36. The standard InChI is InChI=1S/C6H15NO7P2/c1-2-6(8)3-7(4-15(9,10)11)5-16(12,13)14/h2-5H2,1H3,(H2,9,10,11)(H2,12,13,14). The van der Waals surface area contributed by atoms with Crippen molar-refractivity contribution in [2.75, 3.05) is 19.1 Å². The maximum Gasteiger partial charge on any atom is 0.339 e. The van der Waals surface area contributed by atoms with Crippen LogP contribution in [-0.2, 0) is 13.9 Å². The summed E-state index contributed by atoms with van der Waals surface area (Å²) in [4.78, 5) is 46.5. The highest BCUT2D eigenvalue weighted by Gasteiger charge is 2.26. The zero-order valence-corrected chi connectivity index (χ0v) is 10.5. The lowest BCUT2D eigenvalue weighted by Crippen LogP contribution is -2.31. The molecule has 0 saturated carbocycles. The van der Waals surface area contributed by atoms with E-state index in [1.807, 2.05) is 0 Å². The fraction of sp³-hybridized carbons (Fsp3) is 0.833. The molecular formula is C6H15NO7P2. The van der Waals surface area contributed by atoms with E-state index in [-0.39, 0.29) is 18.7 Å². The Morgan fingerprint density at radius 2 is 1.44 bits per heavy atom. The minimum atomic E-state index is -4.44. The van der Waals surface area contributed by atoms with E-state index in [1.165, 1.54) is 0 Å². The summed E-state index contributed by atoms with van der Waals surface area (Å²) >= 11 is 0. The van der Waals surface area contributed by atoms with Gasteiger partial charge < -0.3 is 19.6 Å². The van der Waals surface area contributed by atoms with Crippen LogP contribution >= 0.6 is 15.2 Å². The van der Waals surface area contributed by atoms with Gasteiger partial charge in [-0.1, -0.05) is 6.92 Å². The Labute approximate surface area is 92.6 Å². The molecule has 96 valence electrons. The molecule has 0 spiro atoms. The van der Waals surface area contributed by atoms with Gasteiger partial charge >= 0.3 is 15.2 Å². The number of hydrogen-bond donors (Lipinski definition) is 4. The van der Waals surface area contributed by atoms with Crippen molar-refractivity contribution in [3.8, 4) is 0 Å². The molecule has 0 rings (SSSR count). The van der Waals surface area contributed by atoms with Crippen molar-refractivity contribution in [2.45, 2.75) is 13.3 Å². The Hall–Kier alpha value is -0.0700. The van der Waals surface area contributed by atoms with Crippen molar-refractivity contribution in [3.63, 3.8) is 0 Å². The van der Waals surface area contributed by atoms with Crippen molar-refractivity contribution in [1.29, 1.82) is 0 Å². The summed E-state index contributed by atoms with van der Waals surface area (Å²) in [5, 5.41) is 0. The number of nitrogens with zero attached hydrogens (tertiary/aromatic N) is 1. The molecule has 10 heteroatoms. The number of Topliss-reactive ketones (excluding diaryl/α,β-unsaturated/α-hetero) is 1. The summed E-state index contributed by atoms with van der Waals surface area (Å²) in [5.41, 5.74) is 0. The van der Waals surface area contributed by atoms with Crippen LogP contribution < -0.4 is 0 Å². The van der Waals surface area contributed by atoms with Crippen LogP contribution in [0.3, 0.4) is 0 Å². The van der Waals surface area contributed by atoms with Crippen molar-refractivity contribution in [1.82, 2.24) is 4.90 Å². The van der Waals surface area contributed by atoms with Gasteiger partial charge in [-0.25, -0.2) is 0 Å². The van der Waals surface area contributed by atoms with Crippen LogP contribution in [0.1, 0.15) is 13.3 Å². The smallest absolute Gasteiger partial charge is 0.324 e. The van der Waals surface area contributed by atoms with E-state index in [1.54, 1.807) is 6.92 Å². The highest BCUT2D eigenvalue weighted by molar-refractivity contribution is 7.52. The second kappa shape index (κ2) is 6.02. The van der Waals surface area contributed by atoms with Crippen LogP contribution in [0.4, 0.5) is 0 Å². The van der Waals surface area contributed by atoms with Crippen LogP contribution in [0.15, 0.2) is 0 Å². The first-order chi connectivity index (χ1) is 7.03. The van der Waals surface area contributed by atoms with Crippen molar-refractivity contribution in [3.05, 3.63) is 0 Å². The Morgan fingerprint density at radius 1 is 1.06 bits per heavy atom. The van der Waals surface area contributed by atoms with Gasteiger partial charge in [0, 0.05) is 6.42 Å². The summed E-state index contributed by atoms with van der Waals surface area (Å²) in [6.45, 7) is 1.17. The first-order valence-corrected chi connectivity index (χ1v) is 7.96. The molecule has 0 aromatic carbocycles. The average Bonchev–Trinajstić information content (AvgIpc) is 1.97. The van der Waals surface area contributed by atoms with Gasteiger partial charge in [-0.2, -0.15) is 0 Å². The molecule has 8 nitrogen and oxygen atoms in total. The van der Waals surface area contributed by atoms with Crippen molar-refractivity contribution < 1.29 is 33.5 Å². The molecule has 16 heavy (non-hydrogen) atoms. The molecule has 4 N–H and O–H groups in total. The van der Waals surface area contributed by atoms with Gasteiger partial charge in [0.25, 0.3) is 0 Å². The number of carbonyl (C=O) groups excluding carboxylic acids is 1. The highest BCUT2D eigenvalue weighted by atomic mass is 31.2. The van der Waals surface area contributed by atoms with Gasteiger partial charge in [0.15, 0.2) is 0 Å². The lowest BCUT2D eigenvalue weighted by atomic mass is 10.3. The molecule has 0 amide bonds. The Balaban J connectivity index is 4.58. The SMILES string of the molecule is CCC(=O)CN(CP(=O)(O)O)CP(=O)(O)O. The average molecular weight is 275 g/mol. The van der Waals surface area contributed by atoms with Crippen LogP contribution in [0.5, 0.6) is 0 Å². The van der Waals surface area contributed by atoms with E-state index in [4.69, 9.17) is 19.6 Å². The Kier molecular flexibility index (Phi) is 6.00. The molecule has 0 atom stereocenters. The molecule has 0 unspecified atom stereocenters. The number of rotatable bonds is 7. The van der Waals surface area contributed by atoms with Gasteiger partial charge in [0.2, 0.25) is 0 Å². The quantitative estimate of drug-likeness (QED) is 0.458. The lowest BCUT2D eigenvalue weighted by Gasteiger charge is -2.21. The lowest BCUT2D eigenvalue weighted by molar-refractivity contribution is -0.119. The fourth-order valence-electron chi connectivity index (χ4n) is 1.03. The highest BCUT2D eigenvalue weighted by Crippen LogP contribution is 2.40. The van der Waals surface area contributed by atoms with Gasteiger partial charge in [0.05, 0.1) is 6.54 Å². The molecule has 0 aromatic rings. The topological polar surface area (TPSA) is 135 Å². The maximum atomic E-state index is 11.0. The van der Waals surface area contributed by atoms with Crippen molar-refractivity contribution >= 4 is 21.0 Å². The third kappa shape index (κ3) is 9.18. The number of carbonyl (C=O) groups is 1. The van der Waals surface area contributed by atoms with Gasteiger partial charge in [0.1, 0.15) is 18.4 Å². The molecule has 0 aromatic heterocycles. The summed E-state index contributed by atoms with van der Waals surface area (Å²) in [7, 11) is -8.89. The van der Waals surface area contributed by atoms with Gasteiger partial charge in [-0.15, -0.1) is 0 Å². The van der Waals surface area contributed by atoms with E-state index in [2.05, 4.69) is 0 Å². The van der Waals surface area contributed by atoms with E-state index >= 15 is 0 Å². The fourth-order valence-corrected chi connectivity index (χ4v) is 2.63. The van der Waals surface area contributed by atoms with Gasteiger partial charge in [-0.3, -0.25) is 18.8 Å². The normalized spacial score (nSPS) is 13.1. The Bertz CT molecular complexity index is 308. The predicted octanol–water partition coefficient (Wildman–Crippen LogP) is -0.462. The molecule has 0 saturated heterocycles. The summed E-state index contributed by atoms with van der Waals surface area (Å²) in [6, 6.07) is 0. The molecule has 0 bridgehead atoms. The number of ketones is 1. The van der Waals surface area contributed by atoms with Crippen LogP contribution in [0, 0.1) is 0 Å². The predicted molar refractivity (Wildman–Crippen MR) is 55.8 cm³/mol. The second-order valence-corrected chi connectivity index (χ2v) is 6.56. The Morgan fingerprint density at radius 3 is 1.69 bits per heavy atom. The zero-order chi connectivity index (χ0) is 13.0. The van der Waals surface area contributed by atoms with Crippen molar-refractivity contribution in [2.24, 2.45) is 0 Å². The van der Waals surface area contributed by atoms with Crippen LogP contribution in [0.2, 0.25) is 0 Å². The molecule has 0 fully saturated rings. The molecule has 0 aliphatic rings. The molecular weight excluding hydrogens is 260 g/mol. The first kappa shape index (κ1) is 15.9. The van der Waals surface area contributed by atoms with Crippen LogP contribution in [0.25, 0.3) is 0 Å². The molecule has 0 aliphatic heterocycles. The van der Waals surface area contributed by atoms with E-state index in [9.17, 15) is 13.9 Å². The molecule has 0 heterocycles. The minimum Gasteiger partial charge on any atom is -0.324 e. The summed E-state index contributed by atoms with van der Waals surface area (Å²) < 4.78 is 21.4. The number of hydrogen-bond acceptors (Lipinski definition) is 4. The molecule has 0 radical (unpaired) electrons. The third-order valence-corrected chi connectivity index (χ3v) is 3.10. The van der Waals surface area contributed by atoms with E-state index < -0.39 is 27.8 Å². The maximum absolute atomic E-state index is 11.0. The zero-order valence-electron chi connectivity index (χ0n) is 8.68. The largest absolute Gasteiger partial charge is 0.339 e. The summed E-state index contributed by atoms with van der Waals surface area (Å²) in [6.07, 6.45) is -1.55. The van der Waals surface area contributed by atoms with Gasteiger partial charge in [-0.05, 0) is 0 Å². The van der Waals surface area contributed by atoms with Crippen LogP contribution in [-0.4, -0.2) is 49.4 Å². The molecule has 0 aliphatic carbocycles. The monoisotopic (exact) mass is 275 g/mol. The second-order valence-electron chi connectivity index (χ2n) is 3.33. The minimum absolute atomic E-state index is 0.138. The van der Waals surface area contributed by atoms with E-state index in [0.717, 1.165) is 4.90 Å².